The summed E-state index contributed by atoms with van der Waals surface area (Å²) in [7, 11) is 1.67. The molecule has 2 bridgehead atoms. The molecular weight excluding hydrogens is 212 g/mol. The van der Waals surface area contributed by atoms with Crippen LogP contribution in [-0.2, 0) is 0 Å². The first-order valence-corrected chi connectivity index (χ1v) is 6.28. The molecular formula is C14H18N2O. The number of ether oxygens (including phenoxy) is 1. The molecule has 3 rings (SSSR count). The maximum Gasteiger partial charge on any atom is 0.137 e. The molecule has 3 atom stereocenters. The normalized spacial score (nSPS) is 31.2. The Bertz CT molecular complexity index is 430. The Labute approximate surface area is 102 Å². The highest BCUT2D eigenvalue weighted by atomic mass is 16.5. The molecule has 1 saturated carbocycles. The molecule has 90 valence electrons. The summed E-state index contributed by atoms with van der Waals surface area (Å²) < 4.78 is 5.16. The molecule has 17 heavy (non-hydrogen) atoms. The summed E-state index contributed by atoms with van der Waals surface area (Å²) in [6, 6.07) is 3.33. The molecule has 2 heterocycles. The van der Waals surface area contributed by atoms with Gasteiger partial charge in [0.05, 0.1) is 13.3 Å². The van der Waals surface area contributed by atoms with Crippen LogP contribution in [0.25, 0.3) is 6.08 Å². The van der Waals surface area contributed by atoms with Crippen molar-refractivity contribution in [3.8, 4) is 5.75 Å². The largest absolute Gasteiger partial charge is 0.495 e. The fraction of sp³-hybridized carbons (Fsp3) is 0.500. The molecule has 0 amide bonds. The predicted molar refractivity (Wildman–Crippen MR) is 67.9 cm³/mol. The average Bonchev–Trinajstić information content (AvgIpc) is 2.99. The molecule has 2 fully saturated rings. The Morgan fingerprint density at radius 3 is 3.06 bits per heavy atom. The first-order chi connectivity index (χ1) is 8.35. The Hall–Kier alpha value is -1.35. The third kappa shape index (κ3) is 2.20. The van der Waals surface area contributed by atoms with E-state index < -0.39 is 0 Å². The maximum atomic E-state index is 5.16. The van der Waals surface area contributed by atoms with Gasteiger partial charge in [-0.3, -0.25) is 4.98 Å². The summed E-state index contributed by atoms with van der Waals surface area (Å²) in [6.07, 6.45) is 12.1. The Morgan fingerprint density at radius 1 is 1.41 bits per heavy atom. The molecule has 3 nitrogen and oxygen atoms in total. The van der Waals surface area contributed by atoms with Gasteiger partial charge in [-0.2, -0.15) is 0 Å². The van der Waals surface area contributed by atoms with Gasteiger partial charge in [-0.25, -0.2) is 0 Å². The third-order valence-electron chi connectivity index (χ3n) is 3.88. The Balaban J connectivity index is 1.69. The van der Waals surface area contributed by atoms with Crippen LogP contribution in [0.5, 0.6) is 5.75 Å². The lowest BCUT2D eigenvalue weighted by Crippen LogP contribution is -2.33. The second-order valence-electron chi connectivity index (χ2n) is 4.98. The van der Waals surface area contributed by atoms with Crippen molar-refractivity contribution in [3.63, 3.8) is 0 Å². The summed E-state index contributed by atoms with van der Waals surface area (Å²) in [4.78, 5) is 4.15. The lowest BCUT2D eigenvalue weighted by Gasteiger charge is -2.19. The molecule has 1 aliphatic carbocycles. The topological polar surface area (TPSA) is 34.1 Å². The molecule has 3 heteroatoms. The van der Waals surface area contributed by atoms with Crippen molar-refractivity contribution in [1.82, 2.24) is 10.3 Å². The summed E-state index contributed by atoms with van der Waals surface area (Å²) in [6.45, 7) is 0. The van der Waals surface area contributed by atoms with E-state index in [1.165, 1.54) is 19.3 Å². The SMILES string of the molecule is COc1cncc(C=CC2NC3CCC2C3)c1. The number of nitrogens with one attached hydrogen (secondary N) is 1. The van der Waals surface area contributed by atoms with Gasteiger partial charge >= 0.3 is 0 Å². The van der Waals surface area contributed by atoms with Gasteiger partial charge in [0.25, 0.3) is 0 Å². The van der Waals surface area contributed by atoms with Crippen LogP contribution in [0.1, 0.15) is 24.8 Å². The van der Waals surface area contributed by atoms with Crippen molar-refractivity contribution in [2.45, 2.75) is 31.3 Å². The summed E-state index contributed by atoms with van der Waals surface area (Å²) in [5.74, 6) is 1.66. The summed E-state index contributed by atoms with van der Waals surface area (Å²) in [5.41, 5.74) is 1.11. The summed E-state index contributed by atoms with van der Waals surface area (Å²) in [5, 5.41) is 3.65. The number of pyridine rings is 1. The Kier molecular flexibility index (Phi) is 2.85. The van der Waals surface area contributed by atoms with E-state index in [1.54, 1.807) is 13.3 Å². The van der Waals surface area contributed by atoms with Crippen LogP contribution in [0.2, 0.25) is 0 Å². The van der Waals surface area contributed by atoms with Crippen molar-refractivity contribution < 1.29 is 4.74 Å². The molecule has 1 aromatic rings. The van der Waals surface area contributed by atoms with Gasteiger partial charge in [-0.1, -0.05) is 12.2 Å². The molecule has 1 saturated heterocycles. The first-order valence-electron chi connectivity index (χ1n) is 6.28. The smallest absolute Gasteiger partial charge is 0.137 e. The van der Waals surface area contributed by atoms with Crippen LogP contribution < -0.4 is 10.1 Å². The van der Waals surface area contributed by atoms with E-state index in [0.29, 0.717) is 6.04 Å². The minimum atomic E-state index is 0.556. The van der Waals surface area contributed by atoms with Crippen LogP contribution in [0, 0.1) is 5.92 Å². The zero-order valence-corrected chi connectivity index (χ0v) is 10.1. The van der Waals surface area contributed by atoms with Gasteiger partial charge < -0.3 is 10.1 Å². The van der Waals surface area contributed by atoms with Crippen molar-refractivity contribution in [3.05, 3.63) is 30.1 Å². The fourth-order valence-corrected chi connectivity index (χ4v) is 2.97. The van der Waals surface area contributed by atoms with Crippen molar-refractivity contribution >= 4 is 6.08 Å². The number of hydrogen-bond acceptors (Lipinski definition) is 3. The van der Waals surface area contributed by atoms with E-state index in [1.807, 2.05) is 12.3 Å². The number of rotatable bonds is 3. The first kappa shape index (κ1) is 10.8. The number of hydrogen-bond donors (Lipinski definition) is 1. The number of methoxy groups -OCH3 is 1. The molecule has 3 unspecified atom stereocenters. The molecule has 1 aliphatic heterocycles. The quantitative estimate of drug-likeness (QED) is 0.864. The van der Waals surface area contributed by atoms with Crippen molar-refractivity contribution in [1.29, 1.82) is 0 Å². The van der Waals surface area contributed by atoms with Crippen molar-refractivity contribution in [2.24, 2.45) is 5.92 Å². The summed E-state index contributed by atoms with van der Waals surface area (Å²) >= 11 is 0. The highest BCUT2D eigenvalue weighted by Crippen LogP contribution is 2.35. The third-order valence-corrected chi connectivity index (χ3v) is 3.88. The second-order valence-corrected chi connectivity index (χ2v) is 4.98. The van der Waals surface area contributed by atoms with Gasteiger partial charge in [0.2, 0.25) is 0 Å². The van der Waals surface area contributed by atoms with E-state index >= 15 is 0 Å². The van der Waals surface area contributed by atoms with E-state index in [9.17, 15) is 0 Å². The van der Waals surface area contributed by atoms with E-state index in [2.05, 4.69) is 22.5 Å². The molecule has 0 spiro atoms. The van der Waals surface area contributed by atoms with Gasteiger partial charge in [0.1, 0.15) is 5.75 Å². The van der Waals surface area contributed by atoms with Gasteiger partial charge in [-0.05, 0) is 36.8 Å². The highest BCUT2D eigenvalue weighted by Gasteiger charge is 2.37. The number of aromatic nitrogens is 1. The second kappa shape index (κ2) is 4.49. The molecule has 1 aromatic heterocycles. The standard InChI is InChI=1S/C14H18N2O/c1-17-13-6-10(8-15-9-13)2-5-14-11-3-4-12(7-11)16-14/h2,5-6,8-9,11-12,14,16H,3-4,7H2,1H3. The molecule has 1 N–H and O–H groups in total. The predicted octanol–water partition coefficient (Wildman–Crippen LogP) is 2.24. The van der Waals surface area contributed by atoms with Crippen LogP contribution in [-0.4, -0.2) is 24.2 Å². The Morgan fingerprint density at radius 2 is 2.35 bits per heavy atom. The van der Waals surface area contributed by atoms with Crippen molar-refractivity contribution in [2.75, 3.05) is 7.11 Å². The molecule has 0 radical (unpaired) electrons. The fourth-order valence-electron chi connectivity index (χ4n) is 2.97. The minimum absolute atomic E-state index is 0.556. The minimum Gasteiger partial charge on any atom is -0.495 e. The van der Waals surface area contributed by atoms with E-state index in [-0.39, 0.29) is 0 Å². The van der Waals surface area contributed by atoms with Crippen LogP contribution in [0.15, 0.2) is 24.5 Å². The number of piperidine rings is 1. The van der Waals surface area contributed by atoms with E-state index in [4.69, 9.17) is 4.74 Å². The van der Waals surface area contributed by atoms with Gasteiger partial charge in [0, 0.05) is 18.3 Å². The zero-order valence-electron chi connectivity index (χ0n) is 10.1. The van der Waals surface area contributed by atoms with Crippen LogP contribution in [0.4, 0.5) is 0 Å². The van der Waals surface area contributed by atoms with Crippen LogP contribution >= 0.6 is 0 Å². The molecule has 2 aliphatic rings. The maximum absolute atomic E-state index is 5.16. The van der Waals surface area contributed by atoms with Gasteiger partial charge in [-0.15, -0.1) is 0 Å². The molecule has 0 aromatic carbocycles. The highest BCUT2D eigenvalue weighted by molar-refractivity contribution is 5.51. The number of nitrogens with zero attached hydrogens (tertiary/aromatic N) is 1. The van der Waals surface area contributed by atoms with Gasteiger partial charge in [0.15, 0.2) is 0 Å². The monoisotopic (exact) mass is 230 g/mol. The zero-order chi connectivity index (χ0) is 11.7. The lowest BCUT2D eigenvalue weighted by molar-refractivity contribution is 0.413. The lowest BCUT2D eigenvalue weighted by atomic mass is 9.99. The van der Waals surface area contributed by atoms with E-state index in [0.717, 1.165) is 23.3 Å². The van der Waals surface area contributed by atoms with Crippen LogP contribution in [0.3, 0.4) is 0 Å². The average molecular weight is 230 g/mol. The number of fused-ring (bicyclic) bond motifs is 2.